The molecule has 8 rings (SSSR count). The Hall–Kier alpha value is -5.86. The molecule has 1 amide bonds. The van der Waals surface area contributed by atoms with E-state index in [0.29, 0.717) is 42.9 Å². The topological polar surface area (TPSA) is 173 Å². The van der Waals surface area contributed by atoms with Crippen LogP contribution in [0.3, 0.4) is 0 Å². The standard InChI is InChI=1S/C52H59N3O10/c1-2-29-63-52-47(54(34-38-15-11-14-36-12-3-4-16-41(36)38)48(59)26-21-35-19-22-39(23-20-35)55(60)61)33-45(53-65-49-18-7-10-30-62-49)43-31-37(13-5-8-27-56)42(17-6-9-28-57)50(51(43)52)44-32-40(58)24-25-46(44)64-52/h2-4,11-12,14-16,19-26,31-32,37,42,47,49-51,56-58H,1,5-10,13,17-18,27-30,33-34H2/t37-,42+,47-,49?,50+,51+,52+/m0/s1. The highest BCUT2D eigenvalue weighted by Gasteiger charge is 2.65. The molecule has 13 heteroatoms. The van der Waals surface area contributed by atoms with Crippen molar-refractivity contribution in [3.63, 3.8) is 0 Å². The van der Waals surface area contributed by atoms with Crippen molar-refractivity contribution >= 4 is 34.2 Å². The molecule has 2 aliphatic heterocycles. The fraction of sp³-hybridized carbons (Fsp3) is 0.423. The number of amides is 1. The van der Waals surface area contributed by atoms with Gasteiger partial charge in [0, 0.05) is 62.3 Å². The third-order valence-corrected chi connectivity index (χ3v) is 13.5. The zero-order valence-corrected chi connectivity index (χ0v) is 36.7. The van der Waals surface area contributed by atoms with Crippen molar-refractivity contribution in [2.75, 3.05) is 26.4 Å². The zero-order valence-electron chi connectivity index (χ0n) is 36.7. The molecule has 0 spiro atoms. The Morgan fingerprint density at radius 1 is 0.985 bits per heavy atom. The van der Waals surface area contributed by atoms with Gasteiger partial charge in [-0.3, -0.25) is 14.9 Å². The molecular formula is C52H59N3O10. The number of oxime groups is 1. The number of phenolic OH excluding ortho intramolecular Hbond substituents is 1. The number of unbranched alkanes of at least 4 members (excludes halogenated alkanes) is 2. The van der Waals surface area contributed by atoms with Gasteiger partial charge in [0.1, 0.15) is 17.5 Å². The van der Waals surface area contributed by atoms with Gasteiger partial charge in [-0.05, 0) is 114 Å². The van der Waals surface area contributed by atoms with E-state index in [1.165, 1.54) is 18.2 Å². The summed E-state index contributed by atoms with van der Waals surface area (Å²) in [7, 11) is 0. The number of benzene rings is 4. The summed E-state index contributed by atoms with van der Waals surface area (Å²) in [6.07, 6.45) is 13.7. The first-order valence-electron chi connectivity index (χ1n) is 23.0. The Morgan fingerprint density at radius 3 is 2.52 bits per heavy atom. The van der Waals surface area contributed by atoms with Crippen LogP contribution in [0.15, 0.2) is 120 Å². The van der Waals surface area contributed by atoms with E-state index in [0.717, 1.165) is 66.0 Å². The van der Waals surface area contributed by atoms with Gasteiger partial charge in [-0.25, -0.2) is 0 Å². The van der Waals surface area contributed by atoms with Gasteiger partial charge < -0.3 is 39.3 Å². The molecule has 2 aliphatic carbocycles. The molecule has 2 fully saturated rings. The molecule has 0 radical (unpaired) electrons. The summed E-state index contributed by atoms with van der Waals surface area (Å²) in [4.78, 5) is 34.4. The van der Waals surface area contributed by atoms with Gasteiger partial charge in [0.15, 0.2) is 0 Å². The van der Waals surface area contributed by atoms with E-state index >= 15 is 4.79 Å². The summed E-state index contributed by atoms with van der Waals surface area (Å²) in [5.74, 6) is -2.12. The first-order chi connectivity index (χ1) is 31.7. The molecule has 13 nitrogen and oxygen atoms in total. The summed E-state index contributed by atoms with van der Waals surface area (Å²) < 4.78 is 20.5. The number of aliphatic hydroxyl groups is 2. The molecule has 1 saturated heterocycles. The molecule has 2 heterocycles. The van der Waals surface area contributed by atoms with E-state index in [2.05, 4.69) is 12.7 Å². The zero-order chi connectivity index (χ0) is 45.3. The van der Waals surface area contributed by atoms with Crippen LogP contribution < -0.4 is 4.74 Å². The lowest BCUT2D eigenvalue weighted by Gasteiger charge is -2.60. The van der Waals surface area contributed by atoms with Gasteiger partial charge in [-0.2, -0.15) is 0 Å². The highest BCUT2D eigenvalue weighted by Crippen LogP contribution is 2.62. The van der Waals surface area contributed by atoms with Crippen molar-refractivity contribution in [3.8, 4) is 11.5 Å². The lowest BCUT2D eigenvalue weighted by Crippen LogP contribution is -2.70. The van der Waals surface area contributed by atoms with Gasteiger partial charge >= 0.3 is 0 Å². The van der Waals surface area contributed by atoms with Gasteiger partial charge in [0.2, 0.25) is 18.0 Å². The van der Waals surface area contributed by atoms with Gasteiger partial charge in [-0.1, -0.05) is 72.6 Å². The monoisotopic (exact) mass is 885 g/mol. The summed E-state index contributed by atoms with van der Waals surface area (Å²) in [5.41, 5.74) is 3.80. The molecule has 0 aromatic heterocycles. The summed E-state index contributed by atoms with van der Waals surface area (Å²) in [6, 6.07) is 24.4. The molecule has 4 aromatic carbocycles. The third kappa shape index (κ3) is 9.89. The van der Waals surface area contributed by atoms with Crippen LogP contribution in [0.5, 0.6) is 11.5 Å². The smallest absolute Gasteiger partial charge is 0.269 e. The largest absolute Gasteiger partial charge is 0.508 e. The Morgan fingerprint density at radius 2 is 1.77 bits per heavy atom. The van der Waals surface area contributed by atoms with Crippen LogP contribution in [0.4, 0.5) is 5.69 Å². The van der Waals surface area contributed by atoms with Gasteiger partial charge in [-0.15, -0.1) is 6.58 Å². The molecule has 4 aromatic rings. The van der Waals surface area contributed by atoms with Crippen LogP contribution in [-0.4, -0.2) is 81.3 Å². The highest BCUT2D eigenvalue weighted by molar-refractivity contribution is 6.03. The minimum Gasteiger partial charge on any atom is -0.508 e. The van der Waals surface area contributed by atoms with E-state index < -0.39 is 29.0 Å². The van der Waals surface area contributed by atoms with E-state index in [1.54, 1.807) is 47.4 Å². The van der Waals surface area contributed by atoms with Crippen LogP contribution in [0.25, 0.3) is 16.8 Å². The van der Waals surface area contributed by atoms with Crippen molar-refractivity contribution in [3.05, 3.63) is 142 Å². The summed E-state index contributed by atoms with van der Waals surface area (Å²) >= 11 is 0. The Kier molecular flexibility index (Phi) is 14.7. The Bertz CT molecular complexity index is 2400. The number of ether oxygens (including phenoxy) is 3. The minimum atomic E-state index is -1.53. The fourth-order valence-corrected chi connectivity index (χ4v) is 10.5. The van der Waals surface area contributed by atoms with Crippen LogP contribution in [0.1, 0.15) is 86.8 Å². The second-order valence-electron chi connectivity index (χ2n) is 17.5. The average Bonchev–Trinajstić information content (AvgIpc) is 3.33. The summed E-state index contributed by atoms with van der Waals surface area (Å²) in [6.45, 7) is 4.99. The Balaban J connectivity index is 1.34. The number of phenols is 1. The van der Waals surface area contributed by atoms with Crippen molar-refractivity contribution < 1.29 is 44.1 Å². The molecule has 1 saturated carbocycles. The number of carbonyl (C=O) groups excluding carboxylic acids is 1. The number of non-ortho nitro benzene ring substituents is 1. The van der Waals surface area contributed by atoms with E-state index in [-0.39, 0.29) is 67.9 Å². The number of aliphatic hydroxyl groups excluding tert-OH is 2. The maximum absolute atomic E-state index is 15.3. The first-order valence-corrected chi connectivity index (χ1v) is 23.0. The molecule has 65 heavy (non-hydrogen) atoms. The SMILES string of the molecule is C=CCO[C@@]12Oc3ccc(O)cc3[C@H]3[C@H](CCCCO)[C@@H](CCCCO)C=C(C(=NOC4CCCCO4)C[C@@H]1N(Cc1cccc4ccccc14)C(=O)C=Cc1ccc([N+](=O)[O-])cc1)[C@H]32. The van der Waals surface area contributed by atoms with Gasteiger partial charge in [0.05, 0.1) is 29.8 Å². The van der Waals surface area contributed by atoms with Crippen molar-refractivity contribution in [2.45, 2.75) is 94.8 Å². The lowest BCUT2D eigenvalue weighted by atomic mass is 9.55. The lowest BCUT2D eigenvalue weighted by molar-refractivity contribution is -0.384. The third-order valence-electron chi connectivity index (χ3n) is 13.5. The quantitative estimate of drug-likeness (QED) is 0.0271. The number of rotatable bonds is 19. The number of fused-ring (bicyclic) bond motifs is 3. The molecule has 0 bridgehead atoms. The van der Waals surface area contributed by atoms with Crippen LogP contribution in [0.2, 0.25) is 0 Å². The number of hydrogen-bond donors (Lipinski definition) is 3. The van der Waals surface area contributed by atoms with Crippen molar-refractivity contribution in [1.82, 2.24) is 4.90 Å². The van der Waals surface area contributed by atoms with Gasteiger partial charge in [0.25, 0.3) is 5.69 Å². The van der Waals surface area contributed by atoms with E-state index in [9.17, 15) is 25.4 Å². The van der Waals surface area contributed by atoms with Crippen molar-refractivity contribution in [2.24, 2.45) is 22.9 Å². The predicted molar refractivity (Wildman–Crippen MR) is 248 cm³/mol. The number of aromatic hydroxyl groups is 1. The van der Waals surface area contributed by atoms with E-state index in [4.69, 9.17) is 24.2 Å². The molecule has 3 N–H and O–H groups in total. The van der Waals surface area contributed by atoms with Crippen LogP contribution in [0, 0.1) is 27.9 Å². The predicted octanol–water partition coefficient (Wildman–Crippen LogP) is 9.36. The second-order valence-corrected chi connectivity index (χ2v) is 17.5. The average molecular weight is 886 g/mol. The second kappa shape index (κ2) is 21.0. The van der Waals surface area contributed by atoms with Crippen LogP contribution in [-0.2, 0) is 25.7 Å². The molecule has 7 atom stereocenters. The number of nitrogens with zero attached hydrogens (tertiary/aromatic N) is 3. The summed E-state index contributed by atoms with van der Waals surface area (Å²) in [5, 5.41) is 49.4. The number of carbonyl (C=O) groups is 1. The molecule has 342 valence electrons. The number of allylic oxidation sites excluding steroid dienone is 1. The normalized spacial score (nSPS) is 25.3. The van der Waals surface area contributed by atoms with Crippen LogP contribution >= 0.6 is 0 Å². The number of hydrogen-bond acceptors (Lipinski definition) is 11. The molecule has 1 unspecified atom stereocenters. The number of nitro groups is 1. The maximum atomic E-state index is 15.3. The fourth-order valence-electron chi connectivity index (χ4n) is 10.5. The van der Waals surface area contributed by atoms with E-state index in [1.807, 2.05) is 42.5 Å². The first kappa shape index (κ1) is 45.7. The molecular weight excluding hydrogens is 827 g/mol. The van der Waals surface area contributed by atoms with Crippen molar-refractivity contribution in [1.29, 1.82) is 0 Å². The number of nitro benzene ring substituents is 1. The highest BCUT2D eigenvalue weighted by atomic mass is 16.8. The maximum Gasteiger partial charge on any atom is 0.269 e. The minimum absolute atomic E-state index is 0.0167. The Labute approximate surface area is 379 Å². The molecule has 4 aliphatic rings.